The van der Waals surface area contributed by atoms with Crippen molar-refractivity contribution < 1.29 is 18.0 Å². The van der Waals surface area contributed by atoms with E-state index in [1.807, 2.05) is 0 Å². The standard InChI is InChI=1S/C15H18F3N5O/c1-11(23-8-7-19-10-23)14(24)21-6-2-5-20-13-4-3-12(9-22-13)15(16,17)18/h3-4,7-11H,2,5-6H2,1H3,(H,20,22)(H,21,24)/t11-/m1/s1. The number of carbonyl (C=O) groups excluding carboxylic acids is 1. The molecule has 0 aliphatic carbocycles. The van der Waals surface area contributed by atoms with Gasteiger partial charge in [0.05, 0.1) is 11.9 Å². The predicted molar refractivity (Wildman–Crippen MR) is 82.3 cm³/mol. The Kier molecular flexibility index (Phi) is 5.78. The number of imidazole rings is 1. The van der Waals surface area contributed by atoms with E-state index >= 15 is 0 Å². The van der Waals surface area contributed by atoms with E-state index in [1.165, 1.54) is 6.07 Å². The van der Waals surface area contributed by atoms with Crippen LogP contribution in [0.1, 0.15) is 24.9 Å². The van der Waals surface area contributed by atoms with Gasteiger partial charge in [0.1, 0.15) is 11.9 Å². The molecule has 24 heavy (non-hydrogen) atoms. The molecule has 9 heteroatoms. The third kappa shape index (κ3) is 4.97. The second kappa shape index (κ2) is 7.80. The average molecular weight is 341 g/mol. The van der Waals surface area contributed by atoms with Crippen LogP contribution in [-0.2, 0) is 11.0 Å². The number of hydrogen-bond acceptors (Lipinski definition) is 4. The summed E-state index contributed by atoms with van der Waals surface area (Å²) in [4.78, 5) is 19.5. The van der Waals surface area contributed by atoms with Crippen LogP contribution in [0.25, 0.3) is 0 Å². The number of halogens is 3. The molecule has 1 atom stereocenters. The van der Waals surface area contributed by atoms with E-state index in [1.54, 1.807) is 30.2 Å². The summed E-state index contributed by atoms with van der Waals surface area (Å²) >= 11 is 0. The molecule has 2 heterocycles. The number of aromatic nitrogens is 3. The van der Waals surface area contributed by atoms with Crippen molar-refractivity contribution in [3.63, 3.8) is 0 Å². The van der Waals surface area contributed by atoms with Crippen molar-refractivity contribution >= 4 is 11.7 Å². The minimum Gasteiger partial charge on any atom is -0.370 e. The predicted octanol–water partition coefficient (Wildman–Crippen LogP) is 2.48. The van der Waals surface area contributed by atoms with Crippen LogP contribution in [0.5, 0.6) is 0 Å². The highest BCUT2D eigenvalue weighted by Crippen LogP contribution is 2.28. The summed E-state index contributed by atoms with van der Waals surface area (Å²) in [5.41, 5.74) is -0.784. The first kappa shape index (κ1) is 17.8. The smallest absolute Gasteiger partial charge is 0.370 e. The minimum absolute atomic E-state index is 0.124. The van der Waals surface area contributed by atoms with Crippen LogP contribution >= 0.6 is 0 Å². The Morgan fingerprint density at radius 2 is 2.12 bits per heavy atom. The second-order valence-electron chi connectivity index (χ2n) is 5.19. The number of rotatable bonds is 7. The molecule has 0 aromatic carbocycles. The highest BCUT2D eigenvalue weighted by Gasteiger charge is 2.30. The van der Waals surface area contributed by atoms with Gasteiger partial charge in [-0.1, -0.05) is 0 Å². The topological polar surface area (TPSA) is 71.8 Å². The second-order valence-corrected chi connectivity index (χ2v) is 5.19. The van der Waals surface area contributed by atoms with Gasteiger partial charge >= 0.3 is 6.18 Å². The van der Waals surface area contributed by atoms with Crippen molar-refractivity contribution in [1.82, 2.24) is 19.9 Å². The molecule has 2 aromatic rings. The SMILES string of the molecule is C[C@H](C(=O)NCCCNc1ccc(C(F)(F)F)cn1)n1ccnc1. The summed E-state index contributed by atoms with van der Waals surface area (Å²) in [7, 11) is 0. The number of carbonyl (C=O) groups is 1. The molecule has 1 amide bonds. The Hall–Kier alpha value is -2.58. The van der Waals surface area contributed by atoms with Crippen molar-refractivity contribution in [2.24, 2.45) is 0 Å². The first-order chi connectivity index (χ1) is 11.4. The van der Waals surface area contributed by atoms with Gasteiger partial charge in [-0.15, -0.1) is 0 Å². The molecule has 130 valence electrons. The van der Waals surface area contributed by atoms with Gasteiger partial charge in [-0.3, -0.25) is 4.79 Å². The van der Waals surface area contributed by atoms with E-state index in [9.17, 15) is 18.0 Å². The largest absolute Gasteiger partial charge is 0.417 e. The average Bonchev–Trinajstić information content (AvgIpc) is 3.07. The number of nitrogens with one attached hydrogen (secondary N) is 2. The van der Waals surface area contributed by atoms with Gasteiger partial charge in [0.25, 0.3) is 0 Å². The zero-order chi connectivity index (χ0) is 17.6. The zero-order valence-electron chi connectivity index (χ0n) is 13.0. The lowest BCUT2D eigenvalue weighted by molar-refractivity contribution is -0.137. The van der Waals surface area contributed by atoms with E-state index in [4.69, 9.17) is 0 Å². The molecular weight excluding hydrogens is 323 g/mol. The fraction of sp³-hybridized carbons (Fsp3) is 0.400. The summed E-state index contributed by atoms with van der Waals surface area (Å²) in [6, 6.07) is 1.91. The summed E-state index contributed by atoms with van der Waals surface area (Å²) in [5.74, 6) is 0.238. The van der Waals surface area contributed by atoms with Gasteiger partial charge in [-0.2, -0.15) is 13.2 Å². The molecule has 2 aromatic heterocycles. The third-order valence-corrected chi connectivity index (χ3v) is 3.40. The fourth-order valence-corrected chi connectivity index (χ4v) is 1.96. The van der Waals surface area contributed by atoms with Crippen LogP contribution in [-0.4, -0.2) is 33.5 Å². The molecule has 0 spiro atoms. The lowest BCUT2D eigenvalue weighted by atomic mass is 10.3. The fourth-order valence-electron chi connectivity index (χ4n) is 1.96. The van der Waals surface area contributed by atoms with Crippen molar-refractivity contribution in [3.8, 4) is 0 Å². The van der Waals surface area contributed by atoms with Crippen molar-refractivity contribution in [2.45, 2.75) is 25.6 Å². The summed E-state index contributed by atoms with van der Waals surface area (Å²) in [6.07, 6.45) is 1.90. The maximum Gasteiger partial charge on any atom is 0.417 e. The van der Waals surface area contributed by atoms with Crippen LogP contribution in [0, 0.1) is 0 Å². The van der Waals surface area contributed by atoms with Gasteiger partial charge in [0.2, 0.25) is 5.91 Å². The zero-order valence-corrected chi connectivity index (χ0v) is 13.0. The van der Waals surface area contributed by atoms with Crippen molar-refractivity contribution in [1.29, 1.82) is 0 Å². The van der Waals surface area contributed by atoms with Gasteiger partial charge in [0.15, 0.2) is 0 Å². The van der Waals surface area contributed by atoms with Crippen LogP contribution in [0.3, 0.4) is 0 Å². The lowest BCUT2D eigenvalue weighted by Gasteiger charge is -2.13. The molecule has 0 bridgehead atoms. The number of hydrogen-bond donors (Lipinski definition) is 2. The van der Waals surface area contributed by atoms with Crippen LogP contribution in [0.4, 0.5) is 19.0 Å². The highest BCUT2D eigenvalue weighted by atomic mass is 19.4. The Morgan fingerprint density at radius 3 is 2.71 bits per heavy atom. The Labute approximate surface area is 137 Å². The first-order valence-electron chi connectivity index (χ1n) is 7.40. The summed E-state index contributed by atoms with van der Waals surface area (Å²) in [5, 5.41) is 5.70. The molecule has 6 nitrogen and oxygen atoms in total. The number of anilines is 1. The number of nitrogens with zero attached hydrogens (tertiary/aromatic N) is 3. The molecule has 0 fully saturated rings. The highest BCUT2D eigenvalue weighted by molar-refractivity contribution is 5.79. The molecule has 0 aliphatic heterocycles. The number of amides is 1. The van der Waals surface area contributed by atoms with Gasteiger partial charge in [-0.25, -0.2) is 9.97 Å². The normalized spacial score (nSPS) is 12.7. The van der Waals surface area contributed by atoms with Crippen molar-refractivity contribution in [2.75, 3.05) is 18.4 Å². The van der Waals surface area contributed by atoms with E-state index in [0.717, 1.165) is 12.3 Å². The van der Waals surface area contributed by atoms with Crippen LogP contribution in [0.15, 0.2) is 37.1 Å². The first-order valence-corrected chi connectivity index (χ1v) is 7.40. The molecule has 0 radical (unpaired) electrons. The molecule has 0 unspecified atom stereocenters. The van der Waals surface area contributed by atoms with Crippen LogP contribution in [0.2, 0.25) is 0 Å². The Balaban J connectivity index is 1.67. The molecule has 2 N–H and O–H groups in total. The van der Waals surface area contributed by atoms with Crippen molar-refractivity contribution in [3.05, 3.63) is 42.6 Å². The summed E-state index contributed by atoms with van der Waals surface area (Å²) < 4.78 is 38.9. The molecule has 0 saturated heterocycles. The summed E-state index contributed by atoms with van der Waals surface area (Å²) in [6.45, 7) is 2.70. The quantitative estimate of drug-likeness (QED) is 0.759. The molecular formula is C15H18F3N5O. The molecule has 0 aliphatic rings. The maximum atomic E-state index is 12.4. The maximum absolute atomic E-state index is 12.4. The van der Waals surface area contributed by atoms with E-state index in [0.29, 0.717) is 25.3 Å². The third-order valence-electron chi connectivity index (χ3n) is 3.40. The van der Waals surface area contributed by atoms with E-state index in [2.05, 4.69) is 20.6 Å². The monoisotopic (exact) mass is 341 g/mol. The number of pyridine rings is 1. The Morgan fingerprint density at radius 1 is 1.33 bits per heavy atom. The van der Waals surface area contributed by atoms with Gasteiger partial charge in [0, 0.05) is 31.7 Å². The van der Waals surface area contributed by atoms with Crippen LogP contribution < -0.4 is 10.6 Å². The Bertz CT molecular complexity index is 640. The van der Waals surface area contributed by atoms with Gasteiger partial charge in [-0.05, 0) is 25.5 Å². The minimum atomic E-state index is -4.39. The number of alkyl halides is 3. The molecule has 0 saturated carbocycles. The van der Waals surface area contributed by atoms with E-state index < -0.39 is 11.7 Å². The molecule has 2 rings (SSSR count). The van der Waals surface area contributed by atoms with E-state index in [-0.39, 0.29) is 11.9 Å². The lowest BCUT2D eigenvalue weighted by Crippen LogP contribution is -2.32. The van der Waals surface area contributed by atoms with Gasteiger partial charge < -0.3 is 15.2 Å².